The highest BCUT2D eigenvalue weighted by Gasteiger charge is 2.35. The minimum atomic E-state index is -0.456. The van der Waals surface area contributed by atoms with E-state index in [1.165, 1.54) is 11.0 Å². The van der Waals surface area contributed by atoms with Crippen molar-refractivity contribution >= 4 is 17.5 Å². The molecule has 23 heavy (non-hydrogen) atoms. The van der Waals surface area contributed by atoms with Gasteiger partial charge in [0.05, 0.1) is 17.9 Å². The van der Waals surface area contributed by atoms with Crippen LogP contribution in [0.1, 0.15) is 6.42 Å². The Morgan fingerprint density at radius 1 is 1.39 bits per heavy atom. The Labute approximate surface area is 132 Å². The van der Waals surface area contributed by atoms with Gasteiger partial charge in [0.2, 0.25) is 11.8 Å². The molecule has 1 N–H and O–H groups in total. The molecule has 6 nitrogen and oxygen atoms in total. The van der Waals surface area contributed by atoms with Crippen LogP contribution >= 0.6 is 0 Å². The second-order valence-electron chi connectivity index (χ2n) is 5.45. The number of para-hydroxylation sites is 1. The minimum Gasteiger partial charge on any atom is -0.354 e. The van der Waals surface area contributed by atoms with Crippen molar-refractivity contribution in [1.82, 2.24) is 14.9 Å². The Bertz CT molecular complexity index is 702. The van der Waals surface area contributed by atoms with E-state index < -0.39 is 11.7 Å². The summed E-state index contributed by atoms with van der Waals surface area (Å²) in [5, 5.41) is 2.81. The molecule has 2 amide bonds. The number of imidazole rings is 1. The third-order valence-electron chi connectivity index (χ3n) is 3.87. The first kappa shape index (κ1) is 15.2. The monoisotopic (exact) mass is 316 g/mol. The van der Waals surface area contributed by atoms with Crippen LogP contribution in [0.25, 0.3) is 0 Å². The van der Waals surface area contributed by atoms with E-state index in [4.69, 9.17) is 0 Å². The highest BCUT2D eigenvalue weighted by Crippen LogP contribution is 2.27. The number of halogens is 1. The van der Waals surface area contributed by atoms with Crippen molar-refractivity contribution in [3.8, 4) is 0 Å². The molecule has 1 aromatic carbocycles. The molecule has 1 aromatic heterocycles. The lowest BCUT2D eigenvalue weighted by Gasteiger charge is -2.17. The lowest BCUT2D eigenvalue weighted by Crippen LogP contribution is -2.34. The number of carbonyl (C=O) groups excluding carboxylic acids is 2. The molecule has 0 saturated carbocycles. The highest BCUT2D eigenvalue weighted by atomic mass is 19.1. The SMILES string of the molecule is O=C(NCCn1ccnc1)C1CC(=O)N(c2ccccc2F)C1. The van der Waals surface area contributed by atoms with Crippen molar-refractivity contribution in [2.24, 2.45) is 5.92 Å². The Balaban J connectivity index is 1.56. The van der Waals surface area contributed by atoms with Gasteiger partial charge >= 0.3 is 0 Å². The number of nitrogens with one attached hydrogen (secondary N) is 1. The molecule has 1 unspecified atom stereocenters. The summed E-state index contributed by atoms with van der Waals surface area (Å²) in [7, 11) is 0. The summed E-state index contributed by atoms with van der Waals surface area (Å²) < 4.78 is 15.7. The molecule has 1 atom stereocenters. The summed E-state index contributed by atoms with van der Waals surface area (Å²) in [6.45, 7) is 1.28. The molecular formula is C16H17FN4O2. The molecule has 1 aliphatic rings. The number of carbonyl (C=O) groups is 2. The number of hydrogen-bond donors (Lipinski definition) is 1. The zero-order chi connectivity index (χ0) is 16.2. The van der Waals surface area contributed by atoms with Crippen LogP contribution in [0.3, 0.4) is 0 Å². The quantitative estimate of drug-likeness (QED) is 0.901. The maximum absolute atomic E-state index is 13.8. The average molecular weight is 316 g/mol. The van der Waals surface area contributed by atoms with E-state index in [2.05, 4.69) is 10.3 Å². The molecular weight excluding hydrogens is 299 g/mol. The van der Waals surface area contributed by atoms with Crippen LogP contribution in [0.15, 0.2) is 43.0 Å². The van der Waals surface area contributed by atoms with Crippen molar-refractivity contribution in [3.63, 3.8) is 0 Å². The van der Waals surface area contributed by atoms with E-state index >= 15 is 0 Å². The Morgan fingerprint density at radius 3 is 2.96 bits per heavy atom. The van der Waals surface area contributed by atoms with Gasteiger partial charge in [-0.1, -0.05) is 12.1 Å². The number of hydrogen-bond acceptors (Lipinski definition) is 3. The predicted molar refractivity (Wildman–Crippen MR) is 82.1 cm³/mol. The fourth-order valence-corrected chi connectivity index (χ4v) is 2.66. The van der Waals surface area contributed by atoms with Crippen LogP contribution < -0.4 is 10.2 Å². The van der Waals surface area contributed by atoms with Crippen molar-refractivity contribution in [2.75, 3.05) is 18.0 Å². The summed E-state index contributed by atoms with van der Waals surface area (Å²) in [5.41, 5.74) is 0.228. The van der Waals surface area contributed by atoms with Crippen LogP contribution in [-0.2, 0) is 16.1 Å². The standard InChI is InChI=1S/C16H17FN4O2/c17-13-3-1-2-4-14(13)21-10-12(9-15(21)22)16(23)19-6-8-20-7-5-18-11-20/h1-5,7,11-12H,6,8-10H2,(H,19,23). The van der Waals surface area contributed by atoms with E-state index in [-0.39, 0.29) is 30.5 Å². The van der Waals surface area contributed by atoms with Crippen LogP contribution in [-0.4, -0.2) is 34.5 Å². The van der Waals surface area contributed by atoms with Gasteiger partial charge in [-0.05, 0) is 12.1 Å². The average Bonchev–Trinajstić information content (AvgIpc) is 3.17. The Hall–Kier alpha value is -2.70. The van der Waals surface area contributed by atoms with E-state index in [1.807, 2.05) is 10.8 Å². The van der Waals surface area contributed by atoms with E-state index in [0.29, 0.717) is 13.1 Å². The molecule has 120 valence electrons. The van der Waals surface area contributed by atoms with Gasteiger partial charge in [-0.3, -0.25) is 9.59 Å². The first-order valence-electron chi connectivity index (χ1n) is 7.43. The molecule has 1 aliphatic heterocycles. The van der Waals surface area contributed by atoms with E-state index in [0.717, 1.165) is 0 Å². The number of anilines is 1. The van der Waals surface area contributed by atoms with Crippen molar-refractivity contribution in [1.29, 1.82) is 0 Å². The van der Waals surface area contributed by atoms with Gasteiger partial charge in [0.1, 0.15) is 5.82 Å². The summed E-state index contributed by atoms with van der Waals surface area (Å²) in [5.74, 6) is -1.32. The first-order chi connectivity index (χ1) is 11.1. The molecule has 0 spiro atoms. The van der Waals surface area contributed by atoms with E-state index in [1.54, 1.807) is 30.7 Å². The molecule has 3 rings (SSSR count). The highest BCUT2D eigenvalue weighted by molar-refractivity contribution is 6.00. The second-order valence-corrected chi connectivity index (χ2v) is 5.45. The molecule has 0 aliphatic carbocycles. The summed E-state index contributed by atoms with van der Waals surface area (Å²) >= 11 is 0. The van der Waals surface area contributed by atoms with Gasteiger partial charge < -0.3 is 14.8 Å². The molecule has 7 heteroatoms. The predicted octanol–water partition coefficient (Wildman–Crippen LogP) is 1.19. The van der Waals surface area contributed by atoms with E-state index in [9.17, 15) is 14.0 Å². The topological polar surface area (TPSA) is 67.2 Å². The van der Waals surface area contributed by atoms with Gasteiger partial charge in [-0.25, -0.2) is 9.37 Å². The maximum Gasteiger partial charge on any atom is 0.227 e. The fraction of sp³-hybridized carbons (Fsp3) is 0.312. The number of rotatable bonds is 5. The largest absolute Gasteiger partial charge is 0.354 e. The van der Waals surface area contributed by atoms with Crippen molar-refractivity contribution in [2.45, 2.75) is 13.0 Å². The van der Waals surface area contributed by atoms with Crippen LogP contribution in [0.4, 0.5) is 10.1 Å². The van der Waals surface area contributed by atoms with Crippen LogP contribution in [0.2, 0.25) is 0 Å². The van der Waals surface area contributed by atoms with Crippen molar-refractivity contribution in [3.05, 3.63) is 48.8 Å². The summed E-state index contributed by atoms with van der Waals surface area (Å²) in [6, 6.07) is 6.09. The number of aromatic nitrogens is 2. The van der Waals surface area contributed by atoms with Gasteiger partial charge in [0, 0.05) is 38.4 Å². The smallest absolute Gasteiger partial charge is 0.227 e. The molecule has 0 radical (unpaired) electrons. The third-order valence-corrected chi connectivity index (χ3v) is 3.87. The summed E-state index contributed by atoms with van der Waals surface area (Å²) in [4.78, 5) is 29.5. The zero-order valence-electron chi connectivity index (χ0n) is 12.5. The van der Waals surface area contributed by atoms with Crippen LogP contribution in [0, 0.1) is 11.7 Å². The molecule has 2 heterocycles. The first-order valence-corrected chi connectivity index (χ1v) is 7.43. The molecule has 1 saturated heterocycles. The normalized spacial score (nSPS) is 17.5. The fourth-order valence-electron chi connectivity index (χ4n) is 2.66. The van der Waals surface area contributed by atoms with Gasteiger partial charge in [-0.15, -0.1) is 0 Å². The Morgan fingerprint density at radius 2 is 2.22 bits per heavy atom. The van der Waals surface area contributed by atoms with Gasteiger partial charge in [0.25, 0.3) is 0 Å². The number of amides is 2. The van der Waals surface area contributed by atoms with Gasteiger partial charge in [-0.2, -0.15) is 0 Å². The molecule has 0 bridgehead atoms. The Kier molecular flexibility index (Phi) is 4.36. The number of benzene rings is 1. The number of nitrogens with zero attached hydrogens (tertiary/aromatic N) is 3. The summed E-state index contributed by atoms with van der Waals surface area (Å²) in [6.07, 6.45) is 5.26. The molecule has 2 aromatic rings. The zero-order valence-corrected chi connectivity index (χ0v) is 12.5. The van der Waals surface area contributed by atoms with Gasteiger partial charge in [0.15, 0.2) is 0 Å². The lowest BCUT2D eigenvalue weighted by molar-refractivity contribution is -0.126. The third kappa shape index (κ3) is 3.39. The molecule has 1 fully saturated rings. The second kappa shape index (κ2) is 6.60. The minimum absolute atomic E-state index is 0.102. The van der Waals surface area contributed by atoms with Crippen molar-refractivity contribution < 1.29 is 14.0 Å². The maximum atomic E-state index is 13.8. The van der Waals surface area contributed by atoms with Crippen LogP contribution in [0.5, 0.6) is 0 Å². The lowest BCUT2D eigenvalue weighted by atomic mass is 10.1.